The lowest BCUT2D eigenvalue weighted by Crippen LogP contribution is -2.47. The van der Waals surface area contributed by atoms with Crippen molar-refractivity contribution in [2.75, 3.05) is 26.7 Å². The van der Waals surface area contributed by atoms with Crippen LogP contribution in [0.25, 0.3) is 0 Å². The number of hydrogen-bond acceptors (Lipinski definition) is 2. The van der Waals surface area contributed by atoms with Gasteiger partial charge in [-0.2, -0.15) is 0 Å². The van der Waals surface area contributed by atoms with Crippen molar-refractivity contribution < 1.29 is 0 Å². The highest BCUT2D eigenvalue weighted by Crippen LogP contribution is 2.35. The molecule has 1 saturated heterocycles. The lowest BCUT2D eigenvalue weighted by molar-refractivity contribution is 0.127. The van der Waals surface area contributed by atoms with E-state index >= 15 is 0 Å². The first-order valence-electron chi connectivity index (χ1n) is 5.96. The topological polar surface area (TPSA) is 6.48 Å². The number of piperazine rings is 1. The fourth-order valence-electron chi connectivity index (χ4n) is 2.99. The molecule has 0 amide bonds. The second kappa shape index (κ2) is 3.63. The maximum absolute atomic E-state index is 4.21. The highest BCUT2D eigenvalue weighted by atomic mass is 15.3. The van der Waals surface area contributed by atoms with Gasteiger partial charge in [-0.1, -0.05) is 30.8 Å². The SMILES string of the molecule is C=C1CN(C)CC2c3ccccc3CCN12. The first kappa shape index (κ1) is 9.91. The van der Waals surface area contributed by atoms with Crippen molar-refractivity contribution in [3.63, 3.8) is 0 Å². The number of nitrogens with zero attached hydrogens (tertiary/aromatic N) is 2. The van der Waals surface area contributed by atoms with Crippen LogP contribution in [0.1, 0.15) is 17.2 Å². The van der Waals surface area contributed by atoms with E-state index in [9.17, 15) is 0 Å². The average Bonchev–Trinajstić information content (AvgIpc) is 2.28. The molecule has 0 N–H and O–H groups in total. The maximum atomic E-state index is 4.21. The Morgan fingerprint density at radius 2 is 2.12 bits per heavy atom. The molecule has 1 atom stereocenters. The fourth-order valence-corrected chi connectivity index (χ4v) is 2.99. The third-order valence-electron chi connectivity index (χ3n) is 3.76. The van der Waals surface area contributed by atoms with E-state index in [1.807, 2.05) is 0 Å². The average molecular weight is 214 g/mol. The van der Waals surface area contributed by atoms with Crippen LogP contribution in [0.4, 0.5) is 0 Å². The van der Waals surface area contributed by atoms with Crippen LogP contribution in [0.3, 0.4) is 0 Å². The zero-order valence-corrected chi connectivity index (χ0v) is 9.82. The van der Waals surface area contributed by atoms with E-state index in [-0.39, 0.29) is 0 Å². The molecule has 0 saturated carbocycles. The minimum Gasteiger partial charge on any atom is -0.366 e. The summed E-state index contributed by atoms with van der Waals surface area (Å²) in [4.78, 5) is 4.86. The summed E-state index contributed by atoms with van der Waals surface area (Å²) < 4.78 is 0. The molecule has 1 aromatic rings. The van der Waals surface area contributed by atoms with Crippen LogP contribution in [0.2, 0.25) is 0 Å². The van der Waals surface area contributed by atoms with Gasteiger partial charge in [-0.05, 0) is 24.6 Å². The molecule has 1 fully saturated rings. The van der Waals surface area contributed by atoms with E-state index in [1.165, 1.54) is 16.8 Å². The van der Waals surface area contributed by atoms with Crippen molar-refractivity contribution in [2.24, 2.45) is 0 Å². The Morgan fingerprint density at radius 1 is 1.31 bits per heavy atom. The van der Waals surface area contributed by atoms with Crippen molar-refractivity contribution >= 4 is 0 Å². The molecule has 84 valence electrons. The molecule has 2 aliphatic rings. The number of likely N-dealkylation sites (N-methyl/N-ethyl adjacent to an activating group) is 1. The Kier molecular flexibility index (Phi) is 2.25. The summed E-state index contributed by atoms with van der Waals surface area (Å²) in [6, 6.07) is 9.37. The van der Waals surface area contributed by atoms with Crippen LogP contribution >= 0.6 is 0 Å². The molecule has 0 aromatic heterocycles. The van der Waals surface area contributed by atoms with Gasteiger partial charge in [-0.25, -0.2) is 0 Å². The Balaban J connectivity index is 2.01. The lowest BCUT2D eigenvalue weighted by Gasteiger charge is -2.46. The molecule has 0 spiro atoms. The largest absolute Gasteiger partial charge is 0.366 e. The van der Waals surface area contributed by atoms with E-state index in [2.05, 4.69) is 47.7 Å². The molecule has 2 heterocycles. The minimum absolute atomic E-state index is 0.524. The van der Waals surface area contributed by atoms with E-state index in [4.69, 9.17) is 0 Å². The molecule has 0 radical (unpaired) electrons. The van der Waals surface area contributed by atoms with Gasteiger partial charge in [0.2, 0.25) is 0 Å². The molecular weight excluding hydrogens is 196 g/mol. The summed E-state index contributed by atoms with van der Waals surface area (Å²) >= 11 is 0. The molecule has 1 aromatic carbocycles. The summed E-state index contributed by atoms with van der Waals surface area (Å²) in [5.74, 6) is 0. The van der Waals surface area contributed by atoms with Gasteiger partial charge in [0.25, 0.3) is 0 Å². The molecule has 1 unspecified atom stereocenters. The van der Waals surface area contributed by atoms with E-state index in [0.717, 1.165) is 26.1 Å². The van der Waals surface area contributed by atoms with Crippen molar-refractivity contribution in [3.8, 4) is 0 Å². The van der Waals surface area contributed by atoms with Gasteiger partial charge in [-0.3, -0.25) is 4.90 Å². The van der Waals surface area contributed by atoms with Crippen molar-refractivity contribution in [1.82, 2.24) is 9.80 Å². The Hall–Kier alpha value is -1.28. The van der Waals surface area contributed by atoms with E-state index < -0.39 is 0 Å². The predicted octanol–water partition coefficient (Wildman–Crippen LogP) is 2.04. The molecule has 16 heavy (non-hydrogen) atoms. The molecular formula is C14H18N2. The summed E-state index contributed by atoms with van der Waals surface area (Å²) in [6.07, 6.45) is 1.16. The van der Waals surface area contributed by atoms with Crippen molar-refractivity contribution in [3.05, 3.63) is 47.7 Å². The Labute approximate surface area is 97.2 Å². The summed E-state index contributed by atoms with van der Waals surface area (Å²) in [5.41, 5.74) is 4.29. The fraction of sp³-hybridized carbons (Fsp3) is 0.429. The van der Waals surface area contributed by atoms with Gasteiger partial charge >= 0.3 is 0 Å². The highest BCUT2D eigenvalue weighted by molar-refractivity contribution is 5.34. The zero-order chi connectivity index (χ0) is 11.1. The standard InChI is InChI=1S/C14H18N2/c1-11-9-15(2)10-14-13-6-4-3-5-12(13)7-8-16(11)14/h3-6,14H,1,7-10H2,2H3. The first-order chi connectivity index (χ1) is 7.75. The Morgan fingerprint density at radius 3 is 3.00 bits per heavy atom. The Bertz CT molecular complexity index is 424. The van der Waals surface area contributed by atoms with Crippen LogP contribution in [-0.4, -0.2) is 36.5 Å². The molecule has 2 nitrogen and oxygen atoms in total. The summed E-state index contributed by atoms with van der Waals surface area (Å²) in [5, 5.41) is 0. The van der Waals surface area contributed by atoms with Gasteiger partial charge in [0.15, 0.2) is 0 Å². The molecule has 2 heteroatoms. The van der Waals surface area contributed by atoms with Crippen molar-refractivity contribution in [2.45, 2.75) is 12.5 Å². The monoisotopic (exact) mass is 214 g/mol. The van der Waals surface area contributed by atoms with Crippen LogP contribution in [0, 0.1) is 0 Å². The van der Waals surface area contributed by atoms with Crippen LogP contribution in [-0.2, 0) is 6.42 Å². The second-order valence-corrected chi connectivity index (χ2v) is 4.92. The van der Waals surface area contributed by atoms with Crippen LogP contribution in [0.15, 0.2) is 36.5 Å². The van der Waals surface area contributed by atoms with Gasteiger partial charge in [0.05, 0.1) is 6.04 Å². The van der Waals surface area contributed by atoms with E-state index in [1.54, 1.807) is 0 Å². The molecule has 0 aliphatic carbocycles. The number of hydrogen-bond donors (Lipinski definition) is 0. The zero-order valence-electron chi connectivity index (χ0n) is 9.82. The van der Waals surface area contributed by atoms with Gasteiger partial charge in [-0.15, -0.1) is 0 Å². The molecule has 2 aliphatic heterocycles. The number of rotatable bonds is 0. The lowest BCUT2D eigenvalue weighted by atomic mass is 9.90. The minimum atomic E-state index is 0.524. The smallest absolute Gasteiger partial charge is 0.0669 e. The van der Waals surface area contributed by atoms with Crippen LogP contribution in [0.5, 0.6) is 0 Å². The summed E-state index contributed by atoms with van der Waals surface area (Å²) in [7, 11) is 2.18. The first-order valence-corrected chi connectivity index (χ1v) is 5.96. The van der Waals surface area contributed by atoms with Gasteiger partial charge < -0.3 is 4.90 Å². The number of fused-ring (bicyclic) bond motifs is 3. The number of benzene rings is 1. The third-order valence-corrected chi connectivity index (χ3v) is 3.76. The third kappa shape index (κ3) is 1.45. The van der Waals surface area contributed by atoms with Crippen molar-refractivity contribution in [1.29, 1.82) is 0 Å². The van der Waals surface area contributed by atoms with Gasteiger partial charge in [0, 0.05) is 25.3 Å². The molecule has 0 bridgehead atoms. The van der Waals surface area contributed by atoms with Gasteiger partial charge in [0.1, 0.15) is 0 Å². The highest BCUT2D eigenvalue weighted by Gasteiger charge is 2.32. The van der Waals surface area contributed by atoms with E-state index in [0.29, 0.717) is 6.04 Å². The predicted molar refractivity (Wildman–Crippen MR) is 66.2 cm³/mol. The van der Waals surface area contributed by atoms with Crippen LogP contribution < -0.4 is 0 Å². The normalized spacial score (nSPS) is 25.2. The maximum Gasteiger partial charge on any atom is 0.0669 e. The molecule has 3 rings (SSSR count). The second-order valence-electron chi connectivity index (χ2n) is 4.92. The summed E-state index contributed by atoms with van der Waals surface area (Å²) in [6.45, 7) is 7.47. The quantitative estimate of drug-likeness (QED) is 0.652.